The lowest BCUT2D eigenvalue weighted by Crippen LogP contribution is -1.87. The Hall–Kier alpha value is -1.89. The fraction of sp³-hybridized carbons (Fsp3) is 0.125. The summed E-state index contributed by atoms with van der Waals surface area (Å²) in [6.45, 7) is 8.47. The Kier molecular flexibility index (Phi) is 2.06. The van der Waals surface area contributed by atoms with Gasteiger partial charge in [-0.25, -0.2) is 4.85 Å². The van der Waals surface area contributed by atoms with Crippen molar-refractivity contribution in [3.8, 4) is 0 Å². The van der Waals surface area contributed by atoms with E-state index in [0.717, 1.165) is 5.56 Å². The third-order valence-electron chi connectivity index (χ3n) is 1.52. The van der Waals surface area contributed by atoms with Gasteiger partial charge in [0.05, 0.1) is 11.5 Å². The summed E-state index contributed by atoms with van der Waals surface area (Å²) in [5.74, 6) is 0. The van der Waals surface area contributed by atoms with Crippen LogP contribution < -0.4 is 0 Å². The Morgan fingerprint density at radius 3 is 2.75 bits per heavy atom. The molecule has 0 radical (unpaired) electrons. The first-order chi connectivity index (χ1) is 5.65. The maximum absolute atomic E-state index is 10.3. The second-order valence-electron chi connectivity index (χ2n) is 2.34. The van der Waals surface area contributed by atoms with Crippen molar-refractivity contribution in [2.24, 2.45) is 0 Å². The molecule has 0 atom stereocenters. The maximum Gasteiger partial charge on any atom is 0.259 e. The highest BCUT2D eigenvalue weighted by Crippen LogP contribution is 2.23. The van der Waals surface area contributed by atoms with Crippen molar-refractivity contribution in [3.63, 3.8) is 0 Å². The molecule has 0 spiro atoms. The summed E-state index contributed by atoms with van der Waals surface area (Å²) in [6.07, 6.45) is 0. The zero-order valence-corrected chi connectivity index (χ0v) is 6.44. The van der Waals surface area contributed by atoms with Crippen LogP contribution in [-0.4, -0.2) is 4.92 Å². The number of nitrogens with zero attached hydrogens (tertiary/aromatic N) is 2. The van der Waals surface area contributed by atoms with Crippen LogP contribution >= 0.6 is 0 Å². The van der Waals surface area contributed by atoms with Crippen LogP contribution in [0.25, 0.3) is 4.85 Å². The monoisotopic (exact) mass is 162 g/mol. The number of hydrogen-bond donors (Lipinski definition) is 0. The lowest BCUT2D eigenvalue weighted by Gasteiger charge is -1.95. The molecule has 0 heterocycles. The average Bonchev–Trinajstić information content (AvgIpc) is 2.05. The van der Waals surface area contributed by atoms with Gasteiger partial charge in [-0.1, -0.05) is 6.07 Å². The first kappa shape index (κ1) is 8.21. The van der Waals surface area contributed by atoms with E-state index in [0.29, 0.717) is 5.69 Å². The molecule has 0 bridgehead atoms. The molecule has 1 aromatic carbocycles. The molecule has 0 aliphatic carbocycles. The van der Waals surface area contributed by atoms with E-state index in [1.165, 1.54) is 12.1 Å². The van der Waals surface area contributed by atoms with Crippen molar-refractivity contribution < 1.29 is 4.92 Å². The van der Waals surface area contributed by atoms with Crippen molar-refractivity contribution in [1.82, 2.24) is 0 Å². The number of hydrogen-bond acceptors (Lipinski definition) is 2. The largest absolute Gasteiger partial charge is 0.259 e. The van der Waals surface area contributed by atoms with E-state index in [2.05, 4.69) is 4.85 Å². The molecule has 0 aliphatic heterocycles. The molecule has 0 amide bonds. The van der Waals surface area contributed by atoms with E-state index >= 15 is 0 Å². The molecule has 1 rings (SSSR count). The number of nitro groups is 1. The molecule has 12 heavy (non-hydrogen) atoms. The first-order valence-electron chi connectivity index (χ1n) is 3.27. The van der Waals surface area contributed by atoms with E-state index < -0.39 is 4.92 Å². The third-order valence-corrected chi connectivity index (χ3v) is 1.52. The molecule has 4 heteroatoms. The quantitative estimate of drug-likeness (QED) is 0.361. The molecule has 0 saturated heterocycles. The van der Waals surface area contributed by atoms with Crippen LogP contribution in [0.15, 0.2) is 18.2 Å². The lowest BCUT2D eigenvalue weighted by atomic mass is 10.2. The molecule has 1 aromatic rings. The average molecular weight is 162 g/mol. The van der Waals surface area contributed by atoms with E-state index in [-0.39, 0.29) is 5.69 Å². The molecule has 4 nitrogen and oxygen atoms in total. The van der Waals surface area contributed by atoms with Crippen LogP contribution in [0, 0.1) is 23.6 Å². The minimum absolute atomic E-state index is 0.0356. The number of non-ortho nitro benzene ring substituents is 1. The molecule has 0 fully saturated rings. The minimum Gasteiger partial charge on any atom is -0.258 e. The maximum atomic E-state index is 10.3. The molecule has 0 aromatic heterocycles. The molecule has 0 aliphatic rings. The smallest absolute Gasteiger partial charge is 0.258 e. The summed E-state index contributed by atoms with van der Waals surface area (Å²) in [5, 5.41) is 10.3. The number of benzene rings is 1. The predicted octanol–water partition coefficient (Wildman–Crippen LogP) is 2.45. The van der Waals surface area contributed by atoms with Gasteiger partial charge in [-0.15, -0.1) is 0 Å². The summed E-state index contributed by atoms with van der Waals surface area (Å²) < 4.78 is 0. The van der Waals surface area contributed by atoms with Gasteiger partial charge in [-0.05, 0) is 12.5 Å². The Bertz CT molecular complexity index is 366. The van der Waals surface area contributed by atoms with Crippen molar-refractivity contribution in [2.45, 2.75) is 6.92 Å². The van der Waals surface area contributed by atoms with Gasteiger partial charge < -0.3 is 0 Å². The standard InChI is InChI=1S/C8H6N2O2/c1-6-3-4-7(10(11)12)5-8(6)9-2/h3-5H,1H3. The fourth-order valence-corrected chi connectivity index (χ4v) is 0.832. The minimum atomic E-state index is -0.506. The molecule has 60 valence electrons. The Labute approximate surface area is 69.4 Å². The van der Waals surface area contributed by atoms with Crippen molar-refractivity contribution in [3.05, 3.63) is 45.3 Å². The van der Waals surface area contributed by atoms with E-state index in [1.807, 2.05) is 0 Å². The molecular formula is C8H6N2O2. The Morgan fingerprint density at radius 2 is 2.25 bits per heavy atom. The normalized spacial score (nSPS) is 9.00. The van der Waals surface area contributed by atoms with Crippen LogP contribution in [0.5, 0.6) is 0 Å². The fourth-order valence-electron chi connectivity index (χ4n) is 0.832. The van der Waals surface area contributed by atoms with Crippen LogP contribution in [-0.2, 0) is 0 Å². The van der Waals surface area contributed by atoms with Crippen LogP contribution in [0.1, 0.15) is 5.56 Å². The van der Waals surface area contributed by atoms with Gasteiger partial charge in [0.15, 0.2) is 5.69 Å². The summed E-state index contributed by atoms with van der Waals surface area (Å²) in [7, 11) is 0. The second kappa shape index (κ2) is 3.01. The van der Waals surface area contributed by atoms with Gasteiger partial charge in [0.2, 0.25) is 0 Å². The highest BCUT2D eigenvalue weighted by atomic mass is 16.6. The zero-order valence-electron chi connectivity index (χ0n) is 6.44. The highest BCUT2D eigenvalue weighted by molar-refractivity contribution is 5.57. The van der Waals surface area contributed by atoms with Gasteiger partial charge >= 0.3 is 0 Å². The van der Waals surface area contributed by atoms with E-state index in [4.69, 9.17) is 6.57 Å². The lowest BCUT2D eigenvalue weighted by molar-refractivity contribution is -0.384. The van der Waals surface area contributed by atoms with Gasteiger partial charge in [0.1, 0.15) is 0 Å². The Balaban J connectivity index is 3.25. The van der Waals surface area contributed by atoms with Gasteiger partial charge in [0, 0.05) is 12.1 Å². The number of nitro benzene ring substituents is 1. The van der Waals surface area contributed by atoms with Gasteiger partial charge in [0.25, 0.3) is 5.69 Å². The van der Waals surface area contributed by atoms with Crippen molar-refractivity contribution >= 4 is 11.4 Å². The molecule has 0 saturated carbocycles. The zero-order chi connectivity index (χ0) is 9.14. The van der Waals surface area contributed by atoms with Crippen LogP contribution in [0.2, 0.25) is 0 Å². The number of aryl methyl sites for hydroxylation is 1. The SMILES string of the molecule is [C-]#[N+]c1cc([N+](=O)[O-])ccc1C. The van der Waals surface area contributed by atoms with E-state index in [1.54, 1.807) is 13.0 Å². The van der Waals surface area contributed by atoms with Crippen molar-refractivity contribution in [1.29, 1.82) is 0 Å². The van der Waals surface area contributed by atoms with Crippen LogP contribution in [0.4, 0.5) is 11.4 Å². The van der Waals surface area contributed by atoms with E-state index in [9.17, 15) is 10.1 Å². The molecule has 0 unspecified atom stereocenters. The predicted molar refractivity (Wildman–Crippen MR) is 44.1 cm³/mol. The molecular weight excluding hydrogens is 156 g/mol. The Morgan fingerprint density at radius 1 is 1.58 bits per heavy atom. The highest BCUT2D eigenvalue weighted by Gasteiger charge is 2.07. The van der Waals surface area contributed by atoms with Crippen molar-refractivity contribution in [2.75, 3.05) is 0 Å². The number of rotatable bonds is 1. The summed E-state index contributed by atoms with van der Waals surface area (Å²) >= 11 is 0. The first-order valence-corrected chi connectivity index (χ1v) is 3.27. The van der Waals surface area contributed by atoms with Gasteiger partial charge in [-0.2, -0.15) is 0 Å². The summed E-state index contributed by atoms with van der Waals surface area (Å²) in [5.41, 5.74) is 1.06. The topological polar surface area (TPSA) is 47.5 Å². The summed E-state index contributed by atoms with van der Waals surface area (Å²) in [4.78, 5) is 12.9. The van der Waals surface area contributed by atoms with Crippen LogP contribution in [0.3, 0.4) is 0 Å². The summed E-state index contributed by atoms with van der Waals surface area (Å²) in [6, 6.07) is 4.25. The second-order valence-corrected chi connectivity index (χ2v) is 2.34. The third kappa shape index (κ3) is 1.40. The van der Waals surface area contributed by atoms with Gasteiger partial charge in [-0.3, -0.25) is 10.1 Å². The molecule has 0 N–H and O–H groups in total.